The minimum absolute atomic E-state index is 0.359. The molecular formula is C20H22N4O2S2. The first kappa shape index (κ1) is 20.2. The van der Waals surface area contributed by atoms with Crippen LogP contribution in [-0.4, -0.2) is 22.6 Å². The highest BCUT2D eigenvalue weighted by Crippen LogP contribution is 2.33. The first-order valence-corrected chi connectivity index (χ1v) is 10.5. The monoisotopic (exact) mass is 414 g/mol. The lowest BCUT2D eigenvalue weighted by Gasteiger charge is -2.14. The van der Waals surface area contributed by atoms with Gasteiger partial charge in [-0.2, -0.15) is 0 Å². The number of aryl methyl sites for hydroxylation is 1. The van der Waals surface area contributed by atoms with Crippen LogP contribution in [0.1, 0.15) is 19.4 Å². The maximum atomic E-state index is 12.4. The fraction of sp³-hybridized carbons (Fsp3) is 0.250. The topological polar surface area (TPSA) is 76.1 Å². The van der Waals surface area contributed by atoms with E-state index < -0.39 is 0 Å². The first-order valence-electron chi connectivity index (χ1n) is 8.86. The second-order valence-electron chi connectivity index (χ2n) is 6.54. The van der Waals surface area contributed by atoms with Crippen molar-refractivity contribution in [3.05, 3.63) is 54.4 Å². The Balaban J connectivity index is 1.61. The third-order valence-electron chi connectivity index (χ3n) is 3.51. The lowest BCUT2D eigenvalue weighted by Crippen LogP contribution is -2.20. The van der Waals surface area contributed by atoms with E-state index in [9.17, 15) is 4.79 Å². The van der Waals surface area contributed by atoms with Crippen LogP contribution >= 0.6 is 23.1 Å². The molecular weight excluding hydrogens is 392 g/mol. The summed E-state index contributed by atoms with van der Waals surface area (Å²) < 4.78 is 6.78. The molecule has 0 aliphatic heterocycles. The van der Waals surface area contributed by atoms with E-state index in [1.165, 1.54) is 23.1 Å². The van der Waals surface area contributed by atoms with E-state index in [-0.39, 0.29) is 6.03 Å². The number of benzene rings is 1. The van der Waals surface area contributed by atoms with Crippen LogP contribution in [0.25, 0.3) is 0 Å². The standard InChI is InChI=1S/C20H22N4O2S2/c1-13(2)12-26-16-10-14(3)7-8-15(16)23-19(25)24-20-22-11-18(28-20)27-17-6-4-5-9-21-17/h4-11,13H,12H2,1-3H3,(H2,22,23,24,25). The number of thiazole rings is 1. The highest BCUT2D eigenvalue weighted by molar-refractivity contribution is 8.01. The fourth-order valence-corrected chi connectivity index (χ4v) is 4.01. The quantitative estimate of drug-likeness (QED) is 0.520. The summed E-state index contributed by atoms with van der Waals surface area (Å²) in [5.41, 5.74) is 1.70. The number of hydrogen-bond donors (Lipinski definition) is 2. The van der Waals surface area contributed by atoms with Gasteiger partial charge in [-0.1, -0.05) is 49.1 Å². The van der Waals surface area contributed by atoms with Crippen molar-refractivity contribution in [1.82, 2.24) is 9.97 Å². The number of carbonyl (C=O) groups excluding carboxylic acids is 1. The van der Waals surface area contributed by atoms with E-state index in [4.69, 9.17) is 4.74 Å². The molecule has 3 rings (SSSR count). The number of urea groups is 1. The third-order valence-corrected chi connectivity index (χ3v) is 5.47. The van der Waals surface area contributed by atoms with E-state index in [1.807, 2.05) is 43.3 Å². The molecule has 0 spiro atoms. The normalized spacial score (nSPS) is 10.7. The number of aromatic nitrogens is 2. The zero-order valence-corrected chi connectivity index (χ0v) is 17.6. The van der Waals surface area contributed by atoms with Crippen LogP contribution in [0.15, 0.2) is 58.0 Å². The van der Waals surface area contributed by atoms with Gasteiger partial charge < -0.3 is 10.1 Å². The summed E-state index contributed by atoms with van der Waals surface area (Å²) in [6.45, 7) is 6.74. The molecule has 0 fully saturated rings. The predicted octanol–water partition coefficient (Wildman–Crippen LogP) is 5.68. The summed E-state index contributed by atoms with van der Waals surface area (Å²) in [6.07, 6.45) is 3.47. The second-order valence-corrected chi connectivity index (χ2v) is 8.89. The molecule has 0 aliphatic carbocycles. The molecule has 0 bridgehead atoms. The lowest BCUT2D eigenvalue weighted by atomic mass is 10.2. The largest absolute Gasteiger partial charge is 0.491 e. The summed E-state index contributed by atoms with van der Waals surface area (Å²) in [4.78, 5) is 20.9. The van der Waals surface area contributed by atoms with Gasteiger partial charge in [0.15, 0.2) is 5.13 Å². The van der Waals surface area contributed by atoms with Gasteiger partial charge in [0.2, 0.25) is 0 Å². The third kappa shape index (κ3) is 5.97. The minimum Gasteiger partial charge on any atom is -0.491 e. The van der Waals surface area contributed by atoms with E-state index in [0.29, 0.717) is 29.1 Å². The molecule has 0 radical (unpaired) electrons. The SMILES string of the molecule is Cc1ccc(NC(=O)Nc2ncc(Sc3ccccn3)s2)c(OCC(C)C)c1. The Morgan fingerprint density at radius 3 is 2.82 bits per heavy atom. The summed E-state index contributed by atoms with van der Waals surface area (Å²) >= 11 is 2.90. The molecule has 0 aliphatic rings. The van der Waals surface area contributed by atoms with E-state index >= 15 is 0 Å². The van der Waals surface area contributed by atoms with Gasteiger partial charge in [-0.3, -0.25) is 5.32 Å². The van der Waals surface area contributed by atoms with E-state index in [2.05, 4.69) is 34.4 Å². The van der Waals surface area contributed by atoms with Crippen molar-refractivity contribution < 1.29 is 9.53 Å². The highest BCUT2D eigenvalue weighted by Gasteiger charge is 2.12. The number of hydrogen-bond acceptors (Lipinski definition) is 6. The van der Waals surface area contributed by atoms with E-state index in [1.54, 1.807) is 12.4 Å². The van der Waals surface area contributed by atoms with Gasteiger partial charge in [-0.25, -0.2) is 14.8 Å². The van der Waals surface area contributed by atoms with Crippen molar-refractivity contribution in [2.45, 2.75) is 30.0 Å². The Kier molecular flexibility index (Phi) is 6.89. The number of rotatable bonds is 7. The first-order chi connectivity index (χ1) is 13.5. The summed E-state index contributed by atoms with van der Waals surface area (Å²) in [5.74, 6) is 1.06. The Morgan fingerprint density at radius 2 is 2.07 bits per heavy atom. The molecule has 1 aromatic carbocycles. The number of ether oxygens (including phenoxy) is 1. The minimum atomic E-state index is -0.359. The molecule has 0 saturated heterocycles. The summed E-state index contributed by atoms with van der Waals surface area (Å²) in [5, 5.41) is 7.02. The Bertz CT molecular complexity index is 929. The Hall–Kier alpha value is -2.58. The summed E-state index contributed by atoms with van der Waals surface area (Å²) in [7, 11) is 0. The molecule has 2 amide bonds. The zero-order valence-electron chi connectivity index (χ0n) is 15.9. The van der Waals surface area contributed by atoms with E-state index in [0.717, 1.165) is 14.8 Å². The zero-order chi connectivity index (χ0) is 19.9. The molecule has 146 valence electrons. The maximum absolute atomic E-state index is 12.4. The molecule has 0 atom stereocenters. The van der Waals surface area contributed by atoms with Gasteiger partial charge >= 0.3 is 6.03 Å². The van der Waals surface area contributed by atoms with Gasteiger partial charge in [0.1, 0.15) is 10.8 Å². The van der Waals surface area contributed by atoms with Crippen molar-refractivity contribution >= 4 is 39.9 Å². The van der Waals surface area contributed by atoms with Crippen molar-refractivity contribution in [2.75, 3.05) is 17.2 Å². The lowest BCUT2D eigenvalue weighted by molar-refractivity contribution is 0.260. The molecule has 0 saturated carbocycles. The Labute approximate surface area is 172 Å². The van der Waals surface area contributed by atoms with Crippen molar-refractivity contribution in [1.29, 1.82) is 0 Å². The number of pyridine rings is 1. The van der Waals surface area contributed by atoms with Crippen LogP contribution in [-0.2, 0) is 0 Å². The second kappa shape index (κ2) is 9.57. The van der Waals surface area contributed by atoms with Crippen LogP contribution in [0.3, 0.4) is 0 Å². The number of nitrogens with one attached hydrogen (secondary N) is 2. The van der Waals surface area contributed by atoms with Gasteiger partial charge in [-0.05, 0) is 42.7 Å². The van der Waals surface area contributed by atoms with Crippen LogP contribution in [0.5, 0.6) is 5.75 Å². The maximum Gasteiger partial charge on any atom is 0.325 e. The van der Waals surface area contributed by atoms with Crippen LogP contribution in [0.4, 0.5) is 15.6 Å². The molecule has 8 heteroatoms. The summed E-state index contributed by atoms with van der Waals surface area (Å²) in [6, 6.07) is 11.1. The highest BCUT2D eigenvalue weighted by atomic mass is 32.2. The molecule has 6 nitrogen and oxygen atoms in total. The number of nitrogens with zero attached hydrogens (tertiary/aromatic N) is 2. The molecule has 2 N–H and O–H groups in total. The average molecular weight is 415 g/mol. The average Bonchev–Trinajstić information content (AvgIpc) is 3.09. The van der Waals surface area contributed by atoms with Crippen LogP contribution in [0.2, 0.25) is 0 Å². The predicted molar refractivity (Wildman–Crippen MR) is 115 cm³/mol. The van der Waals surface area contributed by atoms with Gasteiger partial charge in [0.05, 0.1) is 22.7 Å². The molecule has 2 aromatic heterocycles. The van der Waals surface area contributed by atoms with Gasteiger partial charge in [-0.15, -0.1) is 0 Å². The number of amides is 2. The molecule has 28 heavy (non-hydrogen) atoms. The van der Waals surface area contributed by atoms with Crippen molar-refractivity contribution in [3.8, 4) is 5.75 Å². The van der Waals surface area contributed by atoms with Gasteiger partial charge in [0, 0.05) is 6.20 Å². The van der Waals surface area contributed by atoms with Crippen LogP contribution < -0.4 is 15.4 Å². The molecule has 0 unspecified atom stereocenters. The van der Waals surface area contributed by atoms with Gasteiger partial charge in [0.25, 0.3) is 0 Å². The van der Waals surface area contributed by atoms with Crippen molar-refractivity contribution in [2.24, 2.45) is 5.92 Å². The smallest absolute Gasteiger partial charge is 0.325 e. The van der Waals surface area contributed by atoms with Crippen LogP contribution in [0, 0.1) is 12.8 Å². The molecule has 3 aromatic rings. The number of anilines is 2. The number of carbonyl (C=O) groups is 1. The van der Waals surface area contributed by atoms with Crippen molar-refractivity contribution in [3.63, 3.8) is 0 Å². The molecule has 2 heterocycles. The Morgan fingerprint density at radius 1 is 1.21 bits per heavy atom. The fourth-order valence-electron chi connectivity index (χ4n) is 2.23.